The number of rotatable bonds is 7. The number of carbonyl (C=O) groups excluding carboxylic acids is 1. The van der Waals surface area contributed by atoms with Crippen LogP contribution in [0.4, 0.5) is 0 Å². The molecule has 0 radical (unpaired) electrons. The lowest BCUT2D eigenvalue weighted by molar-refractivity contribution is -0.162. The SMILES string of the molecule is CCCC(C)CC(C(=O)O)C(=O)OC(C)C. The Morgan fingerprint density at radius 2 is 1.81 bits per heavy atom. The third-order valence-electron chi connectivity index (χ3n) is 2.35. The van der Waals surface area contributed by atoms with Gasteiger partial charge in [-0.1, -0.05) is 26.7 Å². The number of hydrogen-bond acceptors (Lipinski definition) is 3. The number of hydrogen-bond donors (Lipinski definition) is 1. The van der Waals surface area contributed by atoms with E-state index in [1.807, 2.05) is 13.8 Å². The van der Waals surface area contributed by atoms with Crippen LogP contribution in [0.3, 0.4) is 0 Å². The minimum atomic E-state index is -1.09. The zero-order chi connectivity index (χ0) is 12.7. The van der Waals surface area contributed by atoms with Crippen molar-refractivity contribution < 1.29 is 19.4 Å². The minimum absolute atomic E-state index is 0.228. The molecule has 0 aliphatic heterocycles. The van der Waals surface area contributed by atoms with Crippen LogP contribution in [0.15, 0.2) is 0 Å². The maximum absolute atomic E-state index is 11.5. The standard InChI is InChI=1S/C12H22O4/c1-5-6-9(4)7-10(11(13)14)12(15)16-8(2)3/h8-10H,5-7H2,1-4H3,(H,13,14). The van der Waals surface area contributed by atoms with Crippen LogP contribution in [-0.2, 0) is 14.3 Å². The van der Waals surface area contributed by atoms with Crippen molar-refractivity contribution in [3.8, 4) is 0 Å². The highest BCUT2D eigenvalue weighted by molar-refractivity contribution is 5.93. The van der Waals surface area contributed by atoms with E-state index in [2.05, 4.69) is 0 Å². The molecule has 0 amide bonds. The number of carboxylic acid groups (broad SMARTS) is 1. The summed E-state index contributed by atoms with van der Waals surface area (Å²) in [5, 5.41) is 8.97. The van der Waals surface area contributed by atoms with Gasteiger partial charge in [-0.25, -0.2) is 0 Å². The summed E-state index contributed by atoms with van der Waals surface area (Å²) < 4.78 is 4.93. The van der Waals surface area contributed by atoms with E-state index in [1.54, 1.807) is 13.8 Å². The monoisotopic (exact) mass is 230 g/mol. The van der Waals surface area contributed by atoms with Crippen LogP contribution in [0.25, 0.3) is 0 Å². The molecule has 0 aromatic carbocycles. The van der Waals surface area contributed by atoms with Crippen molar-refractivity contribution in [2.45, 2.75) is 53.1 Å². The number of carboxylic acids is 1. The number of aliphatic carboxylic acids is 1. The second kappa shape index (κ2) is 7.25. The fourth-order valence-electron chi connectivity index (χ4n) is 1.63. The van der Waals surface area contributed by atoms with Gasteiger partial charge in [-0.15, -0.1) is 0 Å². The molecule has 0 aromatic heterocycles. The predicted octanol–water partition coefficient (Wildman–Crippen LogP) is 2.47. The Hall–Kier alpha value is -1.06. The van der Waals surface area contributed by atoms with Gasteiger partial charge in [0.15, 0.2) is 5.92 Å². The smallest absolute Gasteiger partial charge is 0.320 e. The van der Waals surface area contributed by atoms with Crippen LogP contribution in [-0.4, -0.2) is 23.1 Å². The van der Waals surface area contributed by atoms with Crippen LogP contribution >= 0.6 is 0 Å². The third-order valence-corrected chi connectivity index (χ3v) is 2.35. The summed E-state index contributed by atoms with van der Waals surface area (Å²) in [4.78, 5) is 22.5. The topological polar surface area (TPSA) is 63.6 Å². The minimum Gasteiger partial charge on any atom is -0.481 e. The molecule has 0 fully saturated rings. The Labute approximate surface area is 97.0 Å². The Bertz CT molecular complexity index is 235. The Morgan fingerprint density at radius 3 is 2.19 bits per heavy atom. The summed E-state index contributed by atoms with van der Waals surface area (Å²) in [5.41, 5.74) is 0. The highest BCUT2D eigenvalue weighted by Crippen LogP contribution is 2.19. The first kappa shape index (κ1) is 14.9. The van der Waals surface area contributed by atoms with Gasteiger partial charge in [0.25, 0.3) is 0 Å². The van der Waals surface area contributed by atoms with Crippen molar-refractivity contribution in [1.82, 2.24) is 0 Å². The lowest BCUT2D eigenvalue weighted by atomic mass is 9.92. The van der Waals surface area contributed by atoms with E-state index in [4.69, 9.17) is 9.84 Å². The van der Waals surface area contributed by atoms with E-state index in [-0.39, 0.29) is 12.0 Å². The van der Waals surface area contributed by atoms with E-state index in [0.717, 1.165) is 12.8 Å². The molecule has 0 bridgehead atoms. The summed E-state index contributed by atoms with van der Waals surface area (Å²) in [6.07, 6.45) is 2.01. The quantitative estimate of drug-likeness (QED) is 0.539. The molecular weight excluding hydrogens is 208 g/mol. The van der Waals surface area contributed by atoms with Crippen LogP contribution < -0.4 is 0 Å². The van der Waals surface area contributed by atoms with E-state index in [9.17, 15) is 9.59 Å². The molecule has 2 atom stereocenters. The van der Waals surface area contributed by atoms with Gasteiger partial charge >= 0.3 is 11.9 Å². The first-order valence-electron chi connectivity index (χ1n) is 5.81. The predicted molar refractivity (Wildman–Crippen MR) is 61.0 cm³/mol. The summed E-state index contributed by atoms with van der Waals surface area (Å²) in [6, 6.07) is 0. The average molecular weight is 230 g/mol. The molecule has 0 saturated carbocycles. The summed E-state index contributed by atoms with van der Waals surface area (Å²) in [5.74, 6) is -2.51. The van der Waals surface area contributed by atoms with Crippen LogP contribution in [0, 0.1) is 11.8 Å². The highest BCUT2D eigenvalue weighted by atomic mass is 16.5. The van der Waals surface area contributed by atoms with Gasteiger partial charge in [0.05, 0.1) is 6.10 Å². The van der Waals surface area contributed by atoms with Gasteiger partial charge in [-0.05, 0) is 26.2 Å². The lowest BCUT2D eigenvalue weighted by Crippen LogP contribution is -2.29. The lowest BCUT2D eigenvalue weighted by Gasteiger charge is -2.17. The molecule has 0 aromatic rings. The maximum atomic E-state index is 11.5. The van der Waals surface area contributed by atoms with Gasteiger partial charge in [0, 0.05) is 0 Å². The zero-order valence-corrected chi connectivity index (χ0v) is 10.5. The molecule has 0 spiro atoms. The maximum Gasteiger partial charge on any atom is 0.320 e. The van der Waals surface area contributed by atoms with Crippen molar-refractivity contribution in [1.29, 1.82) is 0 Å². The van der Waals surface area contributed by atoms with Gasteiger partial charge in [-0.3, -0.25) is 9.59 Å². The molecule has 94 valence electrons. The number of esters is 1. The molecular formula is C12H22O4. The zero-order valence-electron chi connectivity index (χ0n) is 10.5. The van der Waals surface area contributed by atoms with Crippen molar-refractivity contribution in [3.05, 3.63) is 0 Å². The third kappa shape index (κ3) is 5.73. The van der Waals surface area contributed by atoms with Gasteiger partial charge in [0.2, 0.25) is 0 Å². The van der Waals surface area contributed by atoms with Gasteiger partial charge in [0.1, 0.15) is 0 Å². The largest absolute Gasteiger partial charge is 0.481 e. The van der Waals surface area contributed by atoms with Crippen molar-refractivity contribution in [2.24, 2.45) is 11.8 Å². The average Bonchev–Trinajstić information content (AvgIpc) is 2.12. The summed E-state index contributed by atoms with van der Waals surface area (Å²) in [7, 11) is 0. The molecule has 4 heteroatoms. The highest BCUT2D eigenvalue weighted by Gasteiger charge is 2.29. The first-order chi connectivity index (χ1) is 7.38. The van der Waals surface area contributed by atoms with Crippen LogP contribution in [0.2, 0.25) is 0 Å². The summed E-state index contributed by atoms with van der Waals surface area (Å²) in [6.45, 7) is 7.43. The fourth-order valence-corrected chi connectivity index (χ4v) is 1.63. The Kier molecular flexibility index (Phi) is 6.77. The molecule has 4 nitrogen and oxygen atoms in total. The van der Waals surface area contributed by atoms with Crippen molar-refractivity contribution in [2.75, 3.05) is 0 Å². The second-order valence-electron chi connectivity index (χ2n) is 4.51. The van der Waals surface area contributed by atoms with E-state index >= 15 is 0 Å². The molecule has 2 unspecified atom stereocenters. The van der Waals surface area contributed by atoms with E-state index in [1.165, 1.54) is 0 Å². The van der Waals surface area contributed by atoms with E-state index in [0.29, 0.717) is 6.42 Å². The molecule has 16 heavy (non-hydrogen) atoms. The normalized spacial score (nSPS) is 14.6. The van der Waals surface area contributed by atoms with Crippen molar-refractivity contribution in [3.63, 3.8) is 0 Å². The molecule has 0 rings (SSSR count). The first-order valence-corrected chi connectivity index (χ1v) is 5.81. The molecule has 0 saturated heterocycles. The number of carbonyl (C=O) groups is 2. The molecule has 0 aliphatic rings. The molecule has 0 aliphatic carbocycles. The molecule has 1 N–H and O–H groups in total. The second-order valence-corrected chi connectivity index (χ2v) is 4.51. The Balaban J connectivity index is 4.38. The van der Waals surface area contributed by atoms with Gasteiger partial charge in [-0.2, -0.15) is 0 Å². The summed E-state index contributed by atoms with van der Waals surface area (Å²) >= 11 is 0. The van der Waals surface area contributed by atoms with Crippen molar-refractivity contribution >= 4 is 11.9 Å². The van der Waals surface area contributed by atoms with E-state index < -0.39 is 17.9 Å². The fraction of sp³-hybridized carbons (Fsp3) is 0.833. The van der Waals surface area contributed by atoms with Crippen LogP contribution in [0.1, 0.15) is 47.0 Å². The number of ether oxygens (including phenoxy) is 1. The molecule has 0 heterocycles. The van der Waals surface area contributed by atoms with Crippen LogP contribution in [0.5, 0.6) is 0 Å². The van der Waals surface area contributed by atoms with Gasteiger partial charge < -0.3 is 9.84 Å². The Morgan fingerprint density at radius 1 is 1.25 bits per heavy atom.